The van der Waals surface area contributed by atoms with Gasteiger partial charge < -0.3 is 10.2 Å². The molecule has 0 spiro atoms. The maximum atomic E-state index is 11.6. The monoisotopic (exact) mass is 444 g/mol. The number of carbonyl (C=O) groups is 1. The second-order valence-electron chi connectivity index (χ2n) is 8.61. The van der Waals surface area contributed by atoms with Crippen LogP contribution in [-0.4, -0.2) is 30.4 Å². The number of amides is 1. The number of nitrogens with one attached hydrogen (secondary N) is 1. The van der Waals surface area contributed by atoms with E-state index in [1.165, 1.54) is 42.5 Å². The van der Waals surface area contributed by atoms with Gasteiger partial charge in [0.25, 0.3) is 0 Å². The number of unbranched alkanes of at least 4 members (excludes halogenated alkanes) is 2. The fraction of sp³-hybridized carbons (Fsp3) is 0.480. The van der Waals surface area contributed by atoms with Crippen LogP contribution in [0.5, 0.6) is 0 Å². The molecule has 0 bridgehead atoms. The molecule has 1 N–H and O–H groups in total. The first-order chi connectivity index (χ1) is 14.6. The Hall–Kier alpha value is -1.55. The van der Waals surface area contributed by atoms with E-state index in [0.717, 1.165) is 49.5 Å². The first-order valence-corrected chi connectivity index (χ1v) is 11.9. The van der Waals surface area contributed by atoms with Crippen LogP contribution >= 0.6 is 23.2 Å². The fourth-order valence-corrected chi connectivity index (χ4v) is 5.18. The third-order valence-corrected chi connectivity index (χ3v) is 7.35. The SMILES string of the molecule is O=C1CCc2ccc(CCCCCN3CCC(c4cccc(Cl)c4Cl)CC3)cc2N1. The third-order valence-electron chi connectivity index (χ3n) is 6.52. The molecule has 1 saturated heterocycles. The Morgan fingerprint density at radius 3 is 2.67 bits per heavy atom. The molecule has 1 amide bonds. The number of piperidine rings is 1. The molecule has 0 aliphatic carbocycles. The topological polar surface area (TPSA) is 32.3 Å². The molecule has 0 aromatic heterocycles. The van der Waals surface area contributed by atoms with Gasteiger partial charge in [0, 0.05) is 12.1 Å². The van der Waals surface area contributed by atoms with Crippen LogP contribution in [0.2, 0.25) is 10.0 Å². The number of fused-ring (bicyclic) bond motifs is 1. The zero-order chi connectivity index (χ0) is 20.9. The smallest absolute Gasteiger partial charge is 0.224 e. The van der Waals surface area contributed by atoms with Crippen LogP contribution in [0.3, 0.4) is 0 Å². The molecule has 0 radical (unpaired) electrons. The minimum absolute atomic E-state index is 0.140. The highest BCUT2D eigenvalue weighted by molar-refractivity contribution is 6.42. The van der Waals surface area contributed by atoms with Gasteiger partial charge in [0.15, 0.2) is 0 Å². The summed E-state index contributed by atoms with van der Waals surface area (Å²) < 4.78 is 0. The van der Waals surface area contributed by atoms with Crippen molar-refractivity contribution in [2.24, 2.45) is 0 Å². The Kier molecular flexibility index (Phi) is 7.35. The number of hydrogen-bond acceptors (Lipinski definition) is 2. The quantitative estimate of drug-likeness (QED) is 0.496. The molecular formula is C25H30Cl2N2O. The van der Waals surface area contributed by atoms with Crippen molar-refractivity contribution in [1.29, 1.82) is 0 Å². The standard InChI is InChI=1S/C25H30Cl2N2O/c26-22-7-4-6-21(25(22)27)19-12-15-29(16-13-19)14-3-1-2-5-18-8-9-20-10-11-24(30)28-23(20)17-18/h4,6-9,17,19H,1-3,5,10-16H2,(H,28,30). The van der Waals surface area contributed by atoms with Crippen molar-refractivity contribution in [1.82, 2.24) is 4.90 Å². The number of halogens is 2. The Bertz CT molecular complexity index is 891. The Labute approximate surface area is 189 Å². The molecule has 2 aromatic carbocycles. The molecular weight excluding hydrogens is 415 g/mol. The Morgan fingerprint density at radius 2 is 1.83 bits per heavy atom. The van der Waals surface area contributed by atoms with E-state index in [4.69, 9.17) is 23.2 Å². The van der Waals surface area contributed by atoms with E-state index < -0.39 is 0 Å². The van der Waals surface area contributed by atoms with Gasteiger partial charge in [-0.1, -0.05) is 53.9 Å². The van der Waals surface area contributed by atoms with Crippen molar-refractivity contribution < 1.29 is 4.79 Å². The normalized spacial score (nSPS) is 17.6. The molecule has 0 saturated carbocycles. The van der Waals surface area contributed by atoms with Crippen molar-refractivity contribution in [2.45, 2.75) is 57.3 Å². The van der Waals surface area contributed by atoms with Gasteiger partial charge >= 0.3 is 0 Å². The van der Waals surface area contributed by atoms with Gasteiger partial charge in [-0.2, -0.15) is 0 Å². The number of rotatable bonds is 7. The van der Waals surface area contributed by atoms with Crippen LogP contribution in [0.4, 0.5) is 5.69 Å². The highest BCUT2D eigenvalue weighted by Gasteiger charge is 2.22. The average Bonchev–Trinajstić information content (AvgIpc) is 2.76. The first-order valence-electron chi connectivity index (χ1n) is 11.2. The molecule has 0 atom stereocenters. The number of nitrogens with zero attached hydrogens (tertiary/aromatic N) is 1. The summed E-state index contributed by atoms with van der Waals surface area (Å²) >= 11 is 12.6. The number of carbonyl (C=O) groups excluding carboxylic acids is 1. The number of aryl methyl sites for hydroxylation is 2. The van der Waals surface area contributed by atoms with Gasteiger partial charge in [0.05, 0.1) is 10.0 Å². The second kappa shape index (κ2) is 10.2. The van der Waals surface area contributed by atoms with Crippen molar-refractivity contribution in [3.8, 4) is 0 Å². The van der Waals surface area contributed by atoms with E-state index in [0.29, 0.717) is 17.4 Å². The molecule has 2 aromatic rings. The summed E-state index contributed by atoms with van der Waals surface area (Å²) in [5, 5.41) is 4.41. The van der Waals surface area contributed by atoms with Crippen molar-refractivity contribution >= 4 is 34.8 Å². The van der Waals surface area contributed by atoms with Gasteiger partial charge in [0.2, 0.25) is 5.91 Å². The highest BCUT2D eigenvalue weighted by Crippen LogP contribution is 2.36. The van der Waals surface area contributed by atoms with Gasteiger partial charge in [0.1, 0.15) is 0 Å². The number of anilines is 1. The molecule has 160 valence electrons. The summed E-state index contributed by atoms with van der Waals surface area (Å²) in [7, 11) is 0. The summed E-state index contributed by atoms with van der Waals surface area (Å²) in [5.41, 5.74) is 4.83. The van der Waals surface area contributed by atoms with Crippen molar-refractivity contribution in [3.63, 3.8) is 0 Å². The predicted molar refractivity (Wildman–Crippen MR) is 126 cm³/mol. The zero-order valence-electron chi connectivity index (χ0n) is 17.4. The second-order valence-corrected chi connectivity index (χ2v) is 9.39. The molecule has 2 aliphatic rings. The Balaban J connectivity index is 1.15. The van der Waals surface area contributed by atoms with Gasteiger partial charge in [-0.05, 0) is 92.9 Å². The molecule has 1 fully saturated rings. The summed E-state index contributed by atoms with van der Waals surface area (Å²) in [5.74, 6) is 0.665. The number of benzene rings is 2. The van der Waals surface area contributed by atoms with Crippen LogP contribution in [0.1, 0.15) is 61.1 Å². The molecule has 2 heterocycles. The summed E-state index contributed by atoms with van der Waals surface area (Å²) in [6, 6.07) is 12.6. The lowest BCUT2D eigenvalue weighted by atomic mass is 9.89. The fourth-order valence-electron chi connectivity index (χ4n) is 4.72. The maximum Gasteiger partial charge on any atom is 0.224 e. The molecule has 30 heavy (non-hydrogen) atoms. The molecule has 5 heteroatoms. The summed E-state index contributed by atoms with van der Waals surface area (Å²) in [6.07, 6.45) is 8.53. The minimum atomic E-state index is 0.140. The molecule has 3 nitrogen and oxygen atoms in total. The van der Waals surface area contributed by atoms with E-state index in [-0.39, 0.29) is 5.91 Å². The summed E-state index contributed by atoms with van der Waals surface area (Å²) in [4.78, 5) is 14.2. The minimum Gasteiger partial charge on any atom is -0.326 e. The molecule has 2 aliphatic heterocycles. The van der Waals surface area contributed by atoms with Crippen LogP contribution in [0, 0.1) is 0 Å². The highest BCUT2D eigenvalue weighted by atomic mass is 35.5. The van der Waals surface area contributed by atoms with Gasteiger partial charge in [-0.3, -0.25) is 4.79 Å². The van der Waals surface area contributed by atoms with E-state index >= 15 is 0 Å². The average molecular weight is 445 g/mol. The van der Waals surface area contributed by atoms with E-state index in [9.17, 15) is 4.79 Å². The van der Waals surface area contributed by atoms with Gasteiger partial charge in [-0.15, -0.1) is 0 Å². The van der Waals surface area contributed by atoms with E-state index in [1.54, 1.807) is 0 Å². The lowest BCUT2D eigenvalue weighted by Crippen LogP contribution is -2.33. The lowest BCUT2D eigenvalue weighted by molar-refractivity contribution is -0.116. The van der Waals surface area contributed by atoms with Gasteiger partial charge in [-0.25, -0.2) is 0 Å². The Morgan fingerprint density at radius 1 is 1.00 bits per heavy atom. The van der Waals surface area contributed by atoms with E-state index in [2.05, 4.69) is 34.5 Å². The van der Waals surface area contributed by atoms with Crippen molar-refractivity contribution in [3.05, 3.63) is 63.1 Å². The number of likely N-dealkylation sites (tertiary alicyclic amines) is 1. The maximum absolute atomic E-state index is 11.6. The molecule has 4 rings (SSSR count). The summed E-state index contributed by atoms with van der Waals surface area (Å²) in [6.45, 7) is 3.45. The lowest BCUT2D eigenvalue weighted by Gasteiger charge is -2.32. The number of hydrogen-bond donors (Lipinski definition) is 1. The third kappa shape index (κ3) is 5.38. The van der Waals surface area contributed by atoms with Crippen molar-refractivity contribution in [2.75, 3.05) is 25.0 Å². The van der Waals surface area contributed by atoms with Crippen LogP contribution < -0.4 is 5.32 Å². The predicted octanol–water partition coefficient (Wildman–Crippen LogP) is 6.47. The van der Waals surface area contributed by atoms with Crippen LogP contribution in [0.15, 0.2) is 36.4 Å². The molecule has 0 unspecified atom stereocenters. The zero-order valence-corrected chi connectivity index (χ0v) is 18.9. The first kappa shape index (κ1) is 21.7. The van der Waals surface area contributed by atoms with Crippen LogP contribution in [0.25, 0.3) is 0 Å². The van der Waals surface area contributed by atoms with E-state index in [1.807, 2.05) is 12.1 Å². The largest absolute Gasteiger partial charge is 0.326 e. The van der Waals surface area contributed by atoms with Crippen LogP contribution in [-0.2, 0) is 17.6 Å².